The van der Waals surface area contributed by atoms with Crippen molar-refractivity contribution in [1.29, 1.82) is 0 Å². The van der Waals surface area contributed by atoms with Crippen LogP contribution in [0.5, 0.6) is 5.75 Å². The maximum Gasteiger partial charge on any atom is 0.306 e. The average Bonchev–Trinajstić information content (AvgIpc) is 2.75. The predicted molar refractivity (Wildman–Crippen MR) is 115 cm³/mol. The van der Waals surface area contributed by atoms with E-state index in [1.54, 1.807) is 36.4 Å². The average molecular weight is 452 g/mol. The maximum atomic E-state index is 13.4. The lowest BCUT2D eigenvalue weighted by Gasteiger charge is -2.31. The number of halogens is 1. The van der Waals surface area contributed by atoms with E-state index in [4.69, 9.17) is 16.3 Å². The Labute approximate surface area is 182 Å². The van der Waals surface area contributed by atoms with Crippen LogP contribution in [0.15, 0.2) is 53.4 Å². The van der Waals surface area contributed by atoms with Gasteiger partial charge in [0, 0.05) is 18.1 Å². The van der Waals surface area contributed by atoms with Crippen molar-refractivity contribution >= 4 is 27.6 Å². The summed E-state index contributed by atoms with van der Waals surface area (Å²) in [6, 6.07) is 13.5. The van der Waals surface area contributed by atoms with E-state index in [1.807, 2.05) is 12.1 Å². The molecule has 0 aliphatic heterocycles. The van der Waals surface area contributed by atoms with E-state index >= 15 is 0 Å². The van der Waals surface area contributed by atoms with Crippen LogP contribution in [0.4, 0.5) is 0 Å². The molecule has 2 aromatic carbocycles. The molecule has 6 nitrogen and oxygen atoms in total. The molecule has 162 valence electrons. The summed E-state index contributed by atoms with van der Waals surface area (Å²) in [6.45, 7) is 0.577. The summed E-state index contributed by atoms with van der Waals surface area (Å²) >= 11 is 5.97. The Morgan fingerprint density at radius 3 is 2.20 bits per heavy atom. The minimum atomic E-state index is -3.74. The summed E-state index contributed by atoms with van der Waals surface area (Å²) in [7, 11) is -2.20. The molecule has 1 fully saturated rings. The van der Waals surface area contributed by atoms with Gasteiger partial charge in [-0.05, 0) is 73.6 Å². The molecule has 1 N–H and O–H groups in total. The molecule has 0 spiro atoms. The standard InChI is InChI=1S/C22H26ClNO5S/c1-29-20-10-12-21(13-11-20)30(27,28)24(15-17-4-8-19(23)9-5-17)14-16-2-6-18(7-3-16)22(25)26/h4-5,8-13,16,18H,2-3,6-7,14-15H2,1H3,(H,25,26). The van der Waals surface area contributed by atoms with Crippen LogP contribution in [0.2, 0.25) is 5.02 Å². The molecule has 0 amide bonds. The van der Waals surface area contributed by atoms with Gasteiger partial charge in [-0.2, -0.15) is 4.31 Å². The van der Waals surface area contributed by atoms with E-state index in [1.165, 1.54) is 11.4 Å². The molecule has 0 atom stereocenters. The fourth-order valence-corrected chi connectivity index (χ4v) is 5.45. The van der Waals surface area contributed by atoms with Crippen LogP contribution in [0, 0.1) is 11.8 Å². The minimum Gasteiger partial charge on any atom is -0.497 e. The zero-order chi connectivity index (χ0) is 21.7. The Morgan fingerprint density at radius 1 is 1.07 bits per heavy atom. The third kappa shape index (κ3) is 5.53. The number of methoxy groups -OCH3 is 1. The second kappa shape index (κ2) is 9.81. The topological polar surface area (TPSA) is 83.9 Å². The largest absolute Gasteiger partial charge is 0.497 e. The number of carboxylic acid groups (broad SMARTS) is 1. The van der Waals surface area contributed by atoms with Crippen molar-refractivity contribution in [2.75, 3.05) is 13.7 Å². The van der Waals surface area contributed by atoms with Gasteiger partial charge in [-0.25, -0.2) is 8.42 Å². The Kier molecular flexibility index (Phi) is 7.39. The molecule has 0 bridgehead atoms. The summed E-state index contributed by atoms with van der Waals surface area (Å²) in [5, 5.41) is 9.81. The van der Waals surface area contributed by atoms with E-state index < -0.39 is 16.0 Å². The quantitative estimate of drug-likeness (QED) is 0.641. The molecule has 0 aromatic heterocycles. The second-order valence-electron chi connectivity index (χ2n) is 7.66. The number of benzene rings is 2. The van der Waals surface area contributed by atoms with Gasteiger partial charge in [0.05, 0.1) is 17.9 Å². The fraction of sp³-hybridized carbons (Fsp3) is 0.409. The molecular weight excluding hydrogens is 426 g/mol. The Bertz CT molecular complexity index is 952. The maximum absolute atomic E-state index is 13.4. The van der Waals surface area contributed by atoms with Gasteiger partial charge in [-0.3, -0.25) is 4.79 Å². The number of hydrogen-bond donors (Lipinski definition) is 1. The molecule has 0 heterocycles. The normalized spacial score (nSPS) is 19.6. The summed E-state index contributed by atoms with van der Waals surface area (Å²) in [5.74, 6) is -0.382. The van der Waals surface area contributed by atoms with Crippen LogP contribution in [-0.4, -0.2) is 37.5 Å². The van der Waals surface area contributed by atoms with Crippen LogP contribution >= 0.6 is 11.6 Å². The lowest BCUT2D eigenvalue weighted by molar-refractivity contribution is -0.143. The zero-order valence-electron chi connectivity index (χ0n) is 16.8. The molecule has 1 aliphatic carbocycles. The SMILES string of the molecule is COc1ccc(S(=O)(=O)N(Cc2ccc(Cl)cc2)CC2CCC(C(=O)O)CC2)cc1. The molecule has 0 unspecified atom stereocenters. The predicted octanol–water partition coefficient (Wildman–Crippen LogP) is 4.43. The summed E-state index contributed by atoms with van der Waals surface area (Å²) in [4.78, 5) is 11.4. The van der Waals surface area contributed by atoms with E-state index in [0.717, 1.165) is 5.56 Å². The van der Waals surface area contributed by atoms with Gasteiger partial charge in [0.15, 0.2) is 0 Å². The second-order valence-corrected chi connectivity index (χ2v) is 10.0. The highest BCUT2D eigenvalue weighted by molar-refractivity contribution is 7.89. The lowest BCUT2D eigenvalue weighted by atomic mass is 9.82. The van der Waals surface area contributed by atoms with Crippen LogP contribution < -0.4 is 4.74 Å². The Morgan fingerprint density at radius 2 is 1.67 bits per heavy atom. The number of aliphatic carboxylic acids is 1. The van der Waals surface area contributed by atoms with Gasteiger partial charge in [0.25, 0.3) is 0 Å². The molecule has 0 saturated heterocycles. The number of rotatable bonds is 8. The van der Waals surface area contributed by atoms with Gasteiger partial charge in [0.2, 0.25) is 10.0 Å². The van der Waals surface area contributed by atoms with Crippen molar-refractivity contribution < 1.29 is 23.1 Å². The summed E-state index contributed by atoms with van der Waals surface area (Å²) in [5.41, 5.74) is 0.843. The molecule has 0 radical (unpaired) electrons. The first-order valence-electron chi connectivity index (χ1n) is 9.91. The highest BCUT2D eigenvalue weighted by Crippen LogP contribution is 2.31. The minimum absolute atomic E-state index is 0.126. The number of hydrogen-bond acceptors (Lipinski definition) is 4. The van der Waals surface area contributed by atoms with E-state index in [-0.39, 0.29) is 23.3 Å². The highest BCUT2D eigenvalue weighted by Gasteiger charge is 2.31. The number of sulfonamides is 1. The van der Waals surface area contributed by atoms with Crippen LogP contribution in [0.3, 0.4) is 0 Å². The van der Waals surface area contributed by atoms with Gasteiger partial charge >= 0.3 is 5.97 Å². The number of carboxylic acids is 1. The number of carbonyl (C=O) groups is 1. The Hall–Kier alpha value is -2.09. The van der Waals surface area contributed by atoms with E-state index in [2.05, 4.69) is 0 Å². The third-order valence-electron chi connectivity index (χ3n) is 5.63. The smallest absolute Gasteiger partial charge is 0.306 e. The number of ether oxygens (including phenoxy) is 1. The first-order valence-corrected chi connectivity index (χ1v) is 11.7. The number of nitrogens with zero attached hydrogens (tertiary/aromatic N) is 1. The first-order chi connectivity index (χ1) is 14.3. The molecular formula is C22H26ClNO5S. The van der Waals surface area contributed by atoms with Crippen molar-refractivity contribution in [1.82, 2.24) is 4.31 Å². The van der Waals surface area contributed by atoms with Crippen molar-refractivity contribution in [3.63, 3.8) is 0 Å². The van der Waals surface area contributed by atoms with Crippen LogP contribution in [0.1, 0.15) is 31.2 Å². The fourth-order valence-electron chi connectivity index (χ4n) is 3.82. The monoisotopic (exact) mass is 451 g/mol. The summed E-state index contributed by atoms with van der Waals surface area (Å²) in [6.07, 6.45) is 2.56. The molecule has 3 rings (SSSR count). The summed E-state index contributed by atoms with van der Waals surface area (Å²) < 4.78 is 33.4. The van der Waals surface area contributed by atoms with E-state index in [0.29, 0.717) is 43.0 Å². The zero-order valence-corrected chi connectivity index (χ0v) is 18.4. The van der Waals surface area contributed by atoms with Gasteiger partial charge in [-0.1, -0.05) is 23.7 Å². The molecule has 1 aliphatic rings. The van der Waals surface area contributed by atoms with Crippen molar-refractivity contribution in [2.45, 2.75) is 37.1 Å². The van der Waals surface area contributed by atoms with Crippen molar-refractivity contribution in [3.05, 3.63) is 59.1 Å². The third-order valence-corrected chi connectivity index (χ3v) is 7.71. The van der Waals surface area contributed by atoms with Crippen LogP contribution in [-0.2, 0) is 21.4 Å². The highest BCUT2D eigenvalue weighted by atomic mass is 35.5. The molecule has 8 heteroatoms. The van der Waals surface area contributed by atoms with Gasteiger partial charge in [0.1, 0.15) is 5.75 Å². The first kappa shape index (κ1) is 22.6. The lowest BCUT2D eigenvalue weighted by Crippen LogP contribution is -2.36. The van der Waals surface area contributed by atoms with Gasteiger partial charge < -0.3 is 9.84 Å². The molecule has 1 saturated carbocycles. The van der Waals surface area contributed by atoms with Crippen LogP contribution in [0.25, 0.3) is 0 Å². The molecule has 30 heavy (non-hydrogen) atoms. The van der Waals surface area contributed by atoms with Gasteiger partial charge in [-0.15, -0.1) is 0 Å². The van der Waals surface area contributed by atoms with Crippen molar-refractivity contribution in [2.24, 2.45) is 11.8 Å². The van der Waals surface area contributed by atoms with Crippen molar-refractivity contribution in [3.8, 4) is 5.75 Å². The van der Waals surface area contributed by atoms with E-state index in [9.17, 15) is 18.3 Å². The Balaban J connectivity index is 1.82. The molecule has 2 aromatic rings.